The molecule has 0 atom stereocenters. The Bertz CT molecular complexity index is 507. The van der Waals surface area contributed by atoms with E-state index >= 15 is 0 Å². The first-order valence-corrected chi connectivity index (χ1v) is 7.11. The summed E-state index contributed by atoms with van der Waals surface area (Å²) in [6.07, 6.45) is 4.68. The minimum atomic E-state index is 0.801. The Morgan fingerprint density at radius 3 is 3.12 bits per heavy atom. The lowest BCUT2D eigenvalue weighted by molar-refractivity contribution is 0.200. The number of hydrogen-bond acceptors (Lipinski definition) is 4. The van der Waals surface area contributed by atoms with Gasteiger partial charge in [0.1, 0.15) is 5.52 Å². The molecule has 0 aliphatic heterocycles. The topological polar surface area (TPSA) is 35.0 Å². The van der Waals surface area contributed by atoms with Crippen molar-refractivity contribution in [2.75, 3.05) is 19.5 Å². The molecule has 0 unspecified atom stereocenters. The van der Waals surface area contributed by atoms with E-state index in [1.165, 1.54) is 4.90 Å². The van der Waals surface area contributed by atoms with Gasteiger partial charge in [-0.05, 0) is 34.5 Å². The zero-order valence-corrected chi connectivity index (χ0v) is 11.9. The SMILES string of the molecule is COCCCSc1ccnc2cc(Br)cnc12. The van der Waals surface area contributed by atoms with Gasteiger partial charge in [-0.1, -0.05) is 0 Å². The van der Waals surface area contributed by atoms with Crippen LogP contribution in [0.15, 0.2) is 33.9 Å². The number of halogens is 1. The number of methoxy groups -OCH3 is 1. The first kappa shape index (κ1) is 12.8. The number of pyridine rings is 2. The molecule has 0 N–H and O–H groups in total. The highest BCUT2D eigenvalue weighted by Crippen LogP contribution is 2.26. The molecule has 0 bridgehead atoms. The third-order valence-electron chi connectivity index (χ3n) is 2.26. The summed E-state index contributed by atoms with van der Waals surface area (Å²) in [4.78, 5) is 9.91. The molecule has 0 aliphatic rings. The molecule has 2 heterocycles. The van der Waals surface area contributed by atoms with Gasteiger partial charge in [0.05, 0.1) is 5.52 Å². The van der Waals surface area contributed by atoms with Crippen LogP contribution in [0.4, 0.5) is 0 Å². The average molecular weight is 313 g/mol. The van der Waals surface area contributed by atoms with Crippen LogP contribution in [0.1, 0.15) is 6.42 Å². The second-order valence-electron chi connectivity index (χ2n) is 3.53. The zero-order chi connectivity index (χ0) is 12.1. The lowest BCUT2D eigenvalue weighted by Crippen LogP contribution is -1.91. The molecule has 2 rings (SSSR count). The maximum atomic E-state index is 5.04. The van der Waals surface area contributed by atoms with Crippen molar-refractivity contribution >= 4 is 38.7 Å². The Labute approximate surface area is 113 Å². The number of nitrogens with zero attached hydrogens (tertiary/aromatic N) is 2. The van der Waals surface area contributed by atoms with Gasteiger partial charge in [-0.3, -0.25) is 9.97 Å². The molecule has 0 aromatic carbocycles. The number of hydrogen-bond donors (Lipinski definition) is 0. The fraction of sp³-hybridized carbons (Fsp3) is 0.333. The van der Waals surface area contributed by atoms with Gasteiger partial charge in [0, 0.05) is 41.2 Å². The summed E-state index contributed by atoms with van der Waals surface area (Å²) < 4.78 is 5.99. The van der Waals surface area contributed by atoms with E-state index in [0.29, 0.717) is 0 Å². The molecule has 0 fully saturated rings. The van der Waals surface area contributed by atoms with E-state index in [1.54, 1.807) is 18.9 Å². The minimum absolute atomic E-state index is 0.801. The Kier molecular flexibility index (Phi) is 4.76. The predicted octanol–water partition coefficient (Wildman–Crippen LogP) is 3.52. The number of rotatable bonds is 5. The van der Waals surface area contributed by atoms with Crippen molar-refractivity contribution in [3.8, 4) is 0 Å². The average Bonchev–Trinajstić information content (AvgIpc) is 2.34. The van der Waals surface area contributed by atoms with Crippen LogP contribution in [0.25, 0.3) is 11.0 Å². The van der Waals surface area contributed by atoms with Crippen LogP contribution in [0.3, 0.4) is 0 Å². The second-order valence-corrected chi connectivity index (χ2v) is 5.58. The Morgan fingerprint density at radius 1 is 1.41 bits per heavy atom. The van der Waals surface area contributed by atoms with Gasteiger partial charge < -0.3 is 4.74 Å². The predicted molar refractivity (Wildman–Crippen MR) is 74.5 cm³/mol. The van der Waals surface area contributed by atoms with Crippen molar-refractivity contribution in [3.63, 3.8) is 0 Å². The van der Waals surface area contributed by atoms with Gasteiger partial charge in [-0.2, -0.15) is 0 Å². The van der Waals surface area contributed by atoms with Crippen LogP contribution in [0.2, 0.25) is 0 Å². The second kappa shape index (κ2) is 6.33. The molecular formula is C12H13BrN2OS. The molecule has 5 heteroatoms. The molecule has 2 aromatic rings. The normalized spacial score (nSPS) is 10.9. The van der Waals surface area contributed by atoms with Crippen molar-refractivity contribution in [1.82, 2.24) is 9.97 Å². The molecule has 0 amide bonds. The van der Waals surface area contributed by atoms with E-state index in [1.807, 2.05) is 24.5 Å². The number of aromatic nitrogens is 2. The van der Waals surface area contributed by atoms with E-state index in [4.69, 9.17) is 4.74 Å². The van der Waals surface area contributed by atoms with Gasteiger partial charge >= 0.3 is 0 Å². The summed E-state index contributed by atoms with van der Waals surface area (Å²) in [6, 6.07) is 4.00. The Balaban J connectivity index is 2.16. The summed E-state index contributed by atoms with van der Waals surface area (Å²) in [7, 11) is 1.73. The van der Waals surface area contributed by atoms with E-state index in [0.717, 1.165) is 34.3 Å². The summed E-state index contributed by atoms with van der Waals surface area (Å²) >= 11 is 5.20. The largest absolute Gasteiger partial charge is 0.385 e. The van der Waals surface area contributed by atoms with Crippen molar-refractivity contribution in [2.45, 2.75) is 11.3 Å². The minimum Gasteiger partial charge on any atom is -0.385 e. The first-order valence-electron chi connectivity index (χ1n) is 5.33. The molecule has 0 saturated carbocycles. The Morgan fingerprint density at radius 2 is 2.29 bits per heavy atom. The van der Waals surface area contributed by atoms with Crippen molar-refractivity contribution < 1.29 is 4.74 Å². The molecular weight excluding hydrogens is 300 g/mol. The van der Waals surface area contributed by atoms with E-state index in [2.05, 4.69) is 25.9 Å². The molecule has 2 aromatic heterocycles. The molecule has 0 aliphatic carbocycles. The van der Waals surface area contributed by atoms with Gasteiger partial charge in [0.2, 0.25) is 0 Å². The zero-order valence-electron chi connectivity index (χ0n) is 9.52. The molecule has 0 spiro atoms. The van der Waals surface area contributed by atoms with Crippen LogP contribution in [-0.4, -0.2) is 29.4 Å². The standard InChI is InChI=1S/C12H13BrN2OS/c1-16-5-2-6-17-11-3-4-14-10-7-9(13)8-15-12(10)11/h3-4,7-8H,2,5-6H2,1H3. The summed E-state index contributed by atoms with van der Waals surface area (Å²) in [6.45, 7) is 0.801. The fourth-order valence-electron chi connectivity index (χ4n) is 1.48. The highest BCUT2D eigenvalue weighted by molar-refractivity contribution is 9.10. The van der Waals surface area contributed by atoms with Crippen LogP contribution in [-0.2, 0) is 4.74 Å². The highest BCUT2D eigenvalue weighted by Gasteiger charge is 2.04. The van der Waals surface area contributed by atoms with Crippen LogP contribution in [0.5, 0.6) is 0 Å². The first-order chi connectivity index (χ1) is 8.31. The third-order valence-corrected chi connectivity index (χ3v) is 3.82. The number of fused-ring (bicyclic) bond motifs is 1. The molecule has 90 valence electrons. The van der Waals surface area contributed by atoms with Gasteiger partial charge in [-0.25, -0.2) is 0 Å². The van der Waals surface area contributed by atoms with E-state index < -0.39 is 0 Å². The summed E-state index contributed by atoms with van der Waals surface area (Å²) in [5, 5.41) is 0. The molecule has 0 radical (unpaired) electrons. The highest BCUT2D eigenvalue weighted by atomic mass is 79.9. The van der Waals surface area contributed by atoms with Crippen molar-refractivity contribution in [2.24, 2.45) is 0 Å². The maximum absolute atomic E-state index is 5.04. The molecule has 0 saturated heterocycles. The van der Waals surface area contributed by atoms with Gasteiger partial charge in [0.15, 0.2) is 0 Å². The lowest BCUT2D eigenvalue weighted by Gasteiger charge is -2.05. The lowest BCUT2D eigenvalue weighted by atomic mass is 10.3. The van der Waals surface area contributed by atoms with Crippen molar-refractivity contribution in [3.05, 3.63) is 29.0 Å². The Hall–Kier alpha value is -0.650. The van der Waals surface area contributed by atoms with Crippen LogP contribution < -0.4 is 0 Å². The van der Waals surface area contributed by atoms with E-state index in [9.17, 15) is 0 Å². The monoisotopic (exact) mass is 312 g/mol. The van der Waals surface area contributed by atoms with Crippen LogP contribution >= 0.6 is 27.7 Å². The maximum Gasteiger partial charge on any atom is 0.102 e. The number of ether oxygens (including phenoxy) is 1. The van der Waals surface area contributed by atoms with Crippen LogP contribution in [0, 0.1) is 0 Å². The van der Waals surface area contributed by atoms with Crippen molar-refractivity contribution in [1.29, 1.82) is 0 Å². The molecule has 3 nitrogen and oxygen atoms in total. The number of thioether (sulfide) groups is 1. The third kappa shape index (κ3) is 3.40. The summed E-state index contributed by atoms with van der Waals surface area (Å²) in [5.74, 6) is 1.03. The van der Waals surface area contributed by atoms with Gasteiger partial charge in [0.25, 0.3) is 0 Å². The summed E-state index contributed by atoms with van der Waals surface area (Å²) in [5.41, 5.74) is 1.90. The van der Waals surface area contributed by atoms with E-state index in [-0.39, 0.29) is 0 Å². The molecule has 17 heavy (non-hydrogen) atoms. The van der Waals surface area contributed by atoms with Gasteiger partial charge in [-0.15, -0.1) is 11.8 Å². The smallest absolute Gasteiger partial charge is 0.102 e. The fourth-order valence-corrected chi connectivity index (χ4v) is 2.74. The quantitative estimate of drug-likeness (QED) is 0.625.